The van der Waals surface area contributed by atoms with Gasteiger partial charge in [-0.2, -0.15) is 0 Å². The van der Waals surface area contributed by atoms with Crippen molar-refractivity contribution in [3.63, 3.8) is 0 Å². The molecule has 0 unspecified atom stereocenters. The minimum atomic E-state index is -1.25. The van der Waals surface area contributed by atoms with E-state index < -0.39 is 10.9 Å². The molecule has 0 heterocycles. The molecular weight excluding hydrogens is 363 g/mol. The Hall–Kier alpha value is -0.975. The summed E-state index contributed by atoms with van der Waals surface area (Å²) in [6.07, 6.45) is 0. The molecule has 0 saturated heterocycles. The van der Waals surface area contributed by atoms with Crippen molar-refractivity contribution in [3.05, 3.63) is 33.9 Å². The normalized spacial score (nSPS) is 9.69. The second kappa shape index (κ2) is 3.82. The van der Waals surface area contributed by atoms with Crippen molar-refractivity contribution in [2.45, 2.75) is 0 Å². The number of nitro groups is 1. The van der Waals surface area contributed by atoms with Crippen LogP contribution in [0.4, 0.5) is 5.69 Å². The van der Waals surface area contributed by atoms with E-state index in [2.05, 4.69) is 0 Å². The Bertz CT molecular complexity index is 377. The van der Waals surface area contributed by atoms with Crippen molar-refractivity contribution < 1.29 is 40.9 Å². The maximum absolute atomic E-state index is 10.6. The molecule has 1 N–H and O–H groups in total. The molecule has 63 valence electrons. The van der Waals surface area contributed by atoms with Crippen molar-refractivity contribution in [2.75, 3.05) is 0 Å². The fourth-order valence-corrected chi connectivity index (χ4v) is 2.75. The third-order valence-electron chi connectivity index (χ3n) is 1.53. The third-order valence-corrected chi connectivity index (χ3v) is 3.75. The molecule has 0 aliphatic heterocycles. The number of benzene rings is 1. The fourth-order valence-electron chi connectivity index (χ4n) is 0.980. The van der Waals surface area contributed by atoms with Crippen LogP contribution < -0.4 is 3.07 Å². The van der Waals surface area contributed by atoms with Gasteiger partial charge in [-0.25, -0.2) is 0 Å². The summed E-state index contributed by atoms with van der Waals surface area (Å²) in [4.78, 5) is 20.5. The van der Waals surface area contributed by atoms with Crippen molar-refractivity contribution >= 4 is 14.7 Å². The summed E-state index contributed by atoms with van der Waals surface area (Å²) in [6.45, 7) is 0. The first kappa shape index (κ1) is 10.1. The van der Waals surface area contributed by atoms with Crippen molar-refractivity contribution in [1.29, 1.82) is 0 Å². The Labute approximate surface area is 89.5 Å². The summed E-state index contributed by atoms with van der Waals surface area (Å²) >= 11 is 0.0460. The number of hydrogen-bond donors (Lipinski definition) is 1. The third kappa shape index (κ3) is 2.03. The molecule has 0 spiro atoms. The zero-order valence-corrected chi connectivity index (χ0v) is 12.1. The van der Waals surface area contributed by atoms with E-state index in [1.807, 2.05) is 0 Å². The van der Waals surface area contributed by atoms with Gasteiger partial charge in [-0.3, -0.25) is 0 Å². The number of carboxylic acids is 1. The Kier molecular flexibility index (Phi) is 2.97. The van der Waals surface area contributed by atoms with Crippen LogP contribution in [0, 0.1) is 10.1 Å². The Morgan fingerprint density at radius 3 is 2.54 bits per heavy atom. The van der Waals surface area contributed by atoms with E-state index in [1.54, 1.807) is 6.07 Å². The Morgan fingerprint density at radius 1 is 1.54 bits per heavy atom. The van der Waals surface area contributed by atoms with Crippen molar-refractivity contribution in [3.8, 4) is 0 Å². The second-order valence-electron chi connectivity index (χ2n) is 2.38. The molecule has 0 radical (unpaired) electrons. The first-order chi connectivity index (χ1) is 6.04. The molecule has 1 aromatic rings. The number of nitro benzene ring substituents is 1. The van der Waals surface area contributed by atoms with Gasteiger partial charge < -0.3 is 0 Å². The molecule has 6 heteroatoms. The topological polar surface area (TPSA) is 80.4 Å². The zero-order valence-electron chi connectivity index (χ0n) is 6.56. The molecule has 0 aliphatic rings. The van der Waals surface area contributed by atoms with Crippen LogP contribution in [-0.4, -0.2) is 16.0 Å². The number of nitrogens with zero attached hydrogens (tertiary/aromatic N) is 1. The molecular formula is C7H4HgNO4. The van der Waals surface area contributed by atoms with Crippen LogP contribution >= 0.6 is 0 Å². The number of hydrogen-bond acceptors (Lipinski definition) is 3. The van der Waals surface area contributed by atoms with E-state index in [0.717, 1.165) is 0 Å². The first-order valence-electron chi connectivity index (χ1n) is 3.36. The van der Waals surface area contributed by atoms with Gasteiger partial charge >= 0.3 is 89.6 Å². The minimum absolute atomic E-state index is 0.0460. The molecule has 1 rings (SSSR count). The summed E-state index contributed by atoms with van der Waals surface area (Å²) in [5.74, 6) is -1.25. The molecule has 0 amide bonds. The quantitative estimate of drug-likeness (QED) is 0.468. The van der Waals surface area contributed by atoms with Crippen LogP contribution in [0.15, 0.2) is 18.2 Å². The van der Waals surface area contributed by atoms with Crippen LogP contribution in [0.5, 0.6) is 0 Å². The van der Waals surface area contributed by atoms with Gasteiger partial charge in [0.25, 0.3) is 0 Å². The van der Waals surface area contributed by atoms with Gasteiger partial charge in [0.1, 0.15) is 0 Å². The van der Waals surface area contributed by atoms with E-state index in [1.165, 1.54) is 12.1 Å². The molecule has 1 aromatic carbocycles. The van der Waals surface area contributed by atoms with Gasteiger partial charge in [0.05, 0.1) is 0 Å². The van der Waals surface area contributed by atoms with Crippen LogP contribution in [-0.2, 0) is 26.1 Å². The van der Waals surface area contributed by atoms with Gasteiger partial charge in [0.15, 0.2) is 0 Å². The summed E-state index contributed by atoms with van der Waals surface area (Å²) in [5, 5.41) is 19.2. The van der Waals surface area contributed by atoms with Gasteiger partial charge in [0, 0.05) is 0 Å². The average Bonchev–Trinajstić information content (AvgIpc) is 2.02. The van der Waals surface area contributed by atoms with Crippen LogP contribution in [0.25, 0.3) is 0 Å². The van der Waals surface area contributed by atoms with E-state index in [-0.39, 0.29) is 37.4 Å². The average molecular weight is 367 g/mol. The number of para-hydroxylation sites is 1. The zero-order chi connectivity index (χ0) is 10.0. The first-order valence-corrected chi connectivity index (χ1v) is 6.11. The van der Waals surface area contributed by atoms with Gasteiger partial charge in [0.2, 0.25) is 0 Å². The van der Waals surface area contributed by atoms with Crippen molar-refractivity contribution in [1.82, 2.24) is 0 Å². The molecule has 5 nitrogen and oxygen atoms in total. The maximum atomic E-state index is 10.6. The monoisotopic (exact) mass is 368 g/mol. The summed E-state index contributed by atoms with van der Waals surface area (Å²) < 4.78 is 0.546. The molecule has 13 heavy (non-hydrogen) atoms. The number of carboxylic acid groups (broad SMARTS) is 1. The van der Waals surface area contributed by atoms with Crippen LogP contribution in [0.2, 0.25) is 0 Å². The number of carbonyl (C=O) groups is 1. The second-order valence-corrected chi connectivity index (χ2v) is 5.34. The van der Waals surface area contributed by atoms with Crippen LogP contribution in [0.3, 0.4) is 0 Å². The van der Waals surface area contributed by atoms with E-state index in [9.17, 15) is 14.9 Å². The van der Waals surface area contributed by atoms with E-state index >= 15 is 0 Å². The van der Waals surface area contributed by atoms with Crippen LogP contribution in [0.1, 0.15) is 10.4 Å². The molecule has 0 aliphatic carbocycles. The summed E-state index contributed by atoms with van der Waals surface area (Å²) in [7, 11) is 0. The van der Waals surface area contributed by atoms with E-state index in [0.29, 0.717) is 3.07 Å². The Balaban J connectivity index is 3.43. The predicted octanol–water partition coefficient (Wildman–Crippen LogP) is 0.465. The van der Waals surface area contributed by atoms with Gasteiger partial charge in [-0.1, -0.05) is 0 Å². The molecule has 0 fully saturated rings. The number of rotatable bonds is 2. The SMILES string of the molecule is O=C(O)c1ccc[c]([Hg])c1[N+](=O)[O-]. The Morgan fingerprint density at radius 2 is 2.15 bits per heavy atom. The van der Waals surface area contributed by atoms with Crippen molar-refractivity contribution in [2.24, 2.45) is 0 Å². The molecule has 0 bridgehead atoms. The number of aromatic carboxylic acids is 1. The van der Waals surface area contributed by atoms with Gasteiger partial charge in [-0.05, 0) is 0 Å². The summed E-state index contributed by atoms with van der Waals surface area (Å²) in [5.41, 5.74) is -0.476. The molecule has 0 saturated carbocycles. The standard InChI is InChI=1S/C7H4NO4.Hg/c9-7(10)5-3-1-2-4-6(5)8(11)12;/h1-3H,(H,9,10);. The molecule has 0 atom stereocenters. The molecule has 0 aromatic heterocycles. The van der Waals surface area contributed by atoms with Gasteiger partial charge in [-0.15, -0.1) is 0 Å². The van der Waals surface area contributed by atoms with E-state index in [4.69, 9.17) is 5.11 Å². The summed E-state index contributed by atoms with van der Waals surface area (Å²) in [6, 6.07) is 4.36. The predicted molar refractivity (Wildman–Crippen MR) is 39.7 cm³/mol. The fraction of sp³-hybridized carbons (Fsp3) is 0.